The number of ether oxygens (including phenoxy) is 2. The van der Waals surface area contributed by atoms with Crippen LogP contribution >= 0.6 is 0 Å². The van der Waals surface area contributed by atoms with E-state index in [0.717, 1.165) is 49.4 Å². The second-order valence-electron chi connectivity index (χ2n) is 8.72. The summed E-state index contributed by atoms with van der Waals surface area (Å²) in [6.45, 7) is 2.52. The summed E-state index contributed by atoms with van der Waals surface area (Å²) in [5.41, 5.74) is 13.9. The fourth-order valence-electron chi connectivity index (χ4n) is 4.37. The van der Waals surface area contributed by atoms with Gasteiger partial charge in [0.2, 0.25) is 0 Å². The average molecular weight is 480 g/mol. The van der Waals surface area contributed by atoms with Crippen LogP contribution in [0.1, 0.15) is 35.2 Å². The van der Waals surface area contributed by atoms with Gasteiger partial charge in [-0.15, -0.1) is 13.2 Å². The molecule has 8 nitrogen and oxygen atoms in total. The summed E-state index contributed by atoms with van der Waals surface area (Å²) in [6.07, 6.45) is 0.277. The monoisotopic (exact) mass is 479 g/mol. The molecule has 1 aromatic carbocycles. The van der Waals surface area contributed by atoms with E-state index in [0.29, 0.717) is 37.7 Å². The largest absolute Gasteiger partial charge is 0.573 e. The number of carbonyl (C=O) groups excluding carboxylic acids is 1. The smallest absolute Gasteiger partial charge is 0.406 e. The van der Waals surface area contributed by atoms with Gasteiger partial charge in [-0.05, 0) is 55.4 Å². The van der Waals surface area contributed by atoms with Crippen LogP contribution in [0.25, 0.3) is 0 Å². The highest BCUT2D eigenvalue weighted by Gasteiger charge is 2.32. The molecule has 2 saturated heterocycles. The lowest BCUT2D eigenvalue weighted by atomic mass is 9.99. The molecule has 1 aromatic heterocycles. The number of nitrogens with two attached hydrogens (primary N) is 2. The second-order valence-corrected chi connectivity index (χ2v) is 8.72. The predicted octanol–water partition coefficient (Wildman–Crippen LogP) is 3.44. The van der Waals surface area contributed by atoms with Gasteiger partial charge in [0, 0.05) is 50.3 Å². The van der Waals surface area contributed by atoms with Crippen LogP contribution < -0.4 is 21.5 Å². The van der Waals surface area contributed by atoms with Crippen molar-refractivity contribution in [1.82, 2.24) is 9.88 Å². The number of pyridine rings is 1. The van der Waals surface area contributed by atoms with E-state index < -0.39 is 12.1 Å². The van der Waals surface area contributed by atoms with Gasteiger partial charge in [-0.2, -0.15) is 0 Å². The number of aromatic nitrogens is 1. The van der Waals surface area contributed by atoms with Gasteiger partial charge in [-0.25, -0.2) is 4.98 Å². The van der Waals surface area contributed by atoms with Crippen LogP contribution in [0, 0.1) is 5.92 Å². The summed E-state index contributed by atoms with van der Waals surface area (Å²) in [6, 6.07) is 5.50. The Morgan fingerprint density at radius 2 is 1.97 bits per heavy atom. The van der Waals surface area contributed by atoms with Gasteiger partial charge in [0.05, 0.1) is 11.3 Å². The maximum Gasteiger partial charge on any atom is 0.573 e. The molecule has 0 bridgehead atoms. The number of alkyl halides is 3. The number of halogens is 3. The summed E-state index contributed by atoms with van der Waals surface area (Å²) < 4.78 is 46.5. The van der Waals surface area contributed by atoms with Crippen LogP contribution in [0.3, 0.4) is 0 Å². The predicted molar refractivity (Wildman–Crippen MR) is 121 cm³/mol. The zero-order valence-electron chi connectivity index (χ0n) is 18.6. The van der Waals surface area contributed by atoms with Crippen molar-refractivity contribution in [3.63, 3.8) is 0 Å². The standard InChI is InChI=1S/C23H28F3N5O3/c24-23(25,26)34-17-1-2-18(19(27)11-17)22(32)31-6-3-16(4-7-31)30-20-10-15(12-29-21(20)28)9-14-5-8-33-13-14/h1-2,10-12,14,16,30H,3-9,13,27H2,(H2,28,29). The summed E-state index contributed by atoms with van der Waals surface area (Å²) in [5, 5.41) is 3.45. The van der Waals surface area contributed by atoms with Crippen molar-refractivity contribution in [1.29, 1.82) is 0 Å². The van der Waals surface area contributed by atoms with Crippen molar-refractivity contribution in [2.75, 3.05) is 43.1 Å². The molecule has 1 unspecified atom stereocenters. The van der Waals surface area contributed by atoms with Crippen LogP contribution in [-0.4, -0.2) is 54.5 Å². The third-order valence-corrected chi connectivity index (χ3v) is 6.15. The van der Waals surface area contributed by atoms with E-state index in [1.54, 1.807) is 11.1 Å². The molecule has 2 aliphatic heterocycles. The highest BCUT2D eigenvalue weighted by Crippen LogP contribution is 2.28. The van der Waals surface area contributed by atoms with Crippen LogP contribution in [0.2, 0.25) is 0 Å². The molecule has 0 spiro atoms. The number of piperidine rings is 1. The Kier molecular flexibility index (Phi) is 7.01. The first-order chi connectivity index (χ1) is 16.2. The van der Waals surface area contributed by atoms with E-state index in [9.17, 15) is 18.0 Å². The molecule has 3 heterocycles. The van der Waals surface area contributed by atoms with Crippen LogP contribution in [0.15, 0.2) is 30.5 Å². The zero-order valence-corrected chi connectivity index (χ0v) is 18.6. The third-order valence-electron chi connectivity index (χ3n) is 6.15. The number of benzene rings is 1. The minimum Gasteiger partial charge on any atom is -0.406 e. The SMILES string of the molecule is Nc1cc(OC(F)(F)F)ccc1C(=O)N1CCC(Nc2cc(CC3CCOC3)cnc2N)CC1. The van der Waals surface area contributed by atoms with Gasteiger partial charge < -0.3 is 31.2 Å². The molecule has 1 atom stereocenters. The fraction of sp³-hybridized carbons (Fsp3) is 0.478. The first kappa shape index (κ1) is 23.9. The zero-order chi connectivity index (χ0) is 24.3. The normalized spacial score (nSPS) is 19.3. The van der Waals surface area contributed by atoms with Gasteiger partial charge in [-0.1, -0.05) is 0 Å². The quantitative estimate of drug-likeness (QED) is 0.544. The molecule has 0 radical (unpaired) electrons. The number of likely N-dealkylation sites (tertiary alicyclic amines) is 1. The van der Waals surface area contributed by atoms with Crippen molar-refractivity contribution in [2.24, 2.45) is 5.92 Å². The number of amides is 1. The average Bonchev–Trinajstić information content (AvgIpc) is 3.28. The Morgan fingerprint density at radius 1 is 1.21 bits per heavy atom. The summed E-state index contributed by atoms with van der Waals surface area (Å²) >= 11 is 0. The highest BCUT2D eigenvalue weighted by atomic mass is 19.4. The van der Waals surface area contributed by atoms with E-state index in [2.05, 4.69) is 15.0 Å². The number of nitrogens with one attached hydrogen (secondary N) is 1. The van der Waals surface area contributed by atoms with Gasteiger partial charge >= 0.3 is 6.36 Å². The van der Waals surface area contributed by atoms with Crippen molar-refractivity contribution in [3.05, 3.63) is 41.6 Å². The number of hydrogen-bond acceptors (Lipinski definition) is 7. The van der Waals surface area contributed by atoms with Gasteiger partial charge in [-0.3, -0.25) is 4.79 Å². The number of anilines is 3. The Bertz CT molecular complexity index is 1020. The molecule has 2 aromatic rings. The number of nitrogens with zero attached hydrogens (tertiary/aromatic N) is 2. The molecule has 4 rings (SSSR count). The van der Waals surface area contributed by atoms with Gasteiger partial charge in [0.25, 0.3) is 5.91 Å². The van der Waals surface area contributed by atoms with E-state index in [-0.39, 0.29) is 23.2 Å². The molecular weight excluding hydrogens is 451 g/mol. The number of carbonyl (C=O) groups is 1. The maximum absolute atomic E-state index is 12.9. The Hall–Kier alpha value is -3.21. The Labute approximate surface area is 195 Å². The van der Waals surface area contributed by atoms with Crippen molar-refractivity contribution in [3.8, 4) is 5.75 Å². The highest BCUT2D eigenvalue weighted by molar-refractivity contribution is 5.99. The number of rotatable bonds is 6. The van der Waals surface area contributed by atoms with Crippen molar-refractivity contribution >= 4 is 23.1 Å². The first-order valence-electron chi connectivity index (χ1n) is 11.2. The Balaban J connectivity index is 1.33. The third kappa shape index (κ3) is 6.02. The second kappa shape index (κ2) is 9.96. The van der Waals surface area contributed by atoms with E-state index in [1.807, 2.05) is 6.07 Å². The van der Waals surface area contributed by atoms with Crippen molar-refractivity contribution < 1.29 is 27.4 Å². The molecule has 1 amide bonds. The lowest BCUT2D eigenvalue weighted by molar-refractivity contribution is -0.274. The lowest BCUT2D eigenvalue weighted by Gasteiger charge is -2.33. The lowest BCUT2D eigenvalue weighted by Crippen LogP contribution is -2.42. The van der Waals surface area contributed by atoms with Gasteiger partial charge in [0.15, 0.2) is 0 Å². The number of hydrogen-bond donors (Lipinski definition) is 3. The molecule has 11 heteroatoms. The van der Waals surface area contributed by atoms with Crippen LogP contribution in [0.5, 0.6) is 5.75 Å². The summed E-state index contributed by atoms with van der Waals surface area (Å²) in [7, 11) is 0. The minimum absolute atomic E-state index is 0.0599. The van der Waals surface area contributed by atoms with Crippen LogP contribution in [0.4, 0.5) is 30.4 Å². The molecule has 2 fully saturated rings. The number of nitrogen functional groups attached to an aromatic ring is 2. The fourth-order valence-corrected chi connectivity index (χ4v) is 4.37. The summed E-state index contributed by atoms with van der Waals surface area (Å²) in [4.78, 5) is 18.8. The molecule has 0 saturated carbocycles. The van der Waals surface area contributed by atoms with Crippen LogP contribution in [-0.2, 0) is 11.2 Å². The molecule has 184 valence electrons. The van der Waals surface area contributed by atoms with E-state index in [4.69, 9.17) is 16.2 Å². The van der Waals surface area contributed by atoms with E-state index >= 15 is 0 Å². The molecule has 0 aliphatic carbocycles. The van der Waals surface area contributed by atoms with Crippen molar-refractivity contribution in [2.45, 2.75) is 38.1 Å². The molecule has 34 heavy (non-hydrogen) atoms. The van der Waals surface area contributed by atoms with E-state index in [1.165, 1.54) is 6.07 Å². The molecule has 5 N–H and O–H groups in total. The molecule has 2 aliphatic rings. The van der Waals surface area contributed by atoms with Gasteiger partial charge in [0.1, 0.15) is 11.6 Å². The topological polar surface area (TPSA) is 116 Å². The Morgan fingerprint density at radius 3 is 2.62 bits per heavy atom. The summed E-state index contributed by atoms with van der Waals surface area (Å²) in [5.74, 6) is 0.141. The molecular formula is C23H28F3N5O3. The minimum atomic E-state index is -4.82. The first-order valence-corrected chi connectivity index (χ1v) is 11.2. The maximum atomic E-state index is 12.9.